The molecule has 1 unspecified atom stereocenters. The molecule has 2 N–H and O–H groups in total. The fourth-order valence-electron chi connectivity index (χ4n) is 3.21. The Morgan fingerprint density at radius 1 is 1.35 bits per heavy atom. The number of rotatable bonds is 3. The van der Waals surface area contributed by atoms with Gasteiger partial charge in [0.2, 0.25) is 0 Å². The summed E-state index contributed by atoms with van der Waals surface area (Å²) in [6, 6.07) is 0.690. The summed E-state index contributed by atoms with van der Waals surface area (Å²) in [6.45, 7) is 4.91. The van der Waals surface area contributed by atoms with Crippen LogP contribution in [0, 0.1) is 0 Å². The van der Waals surface area contributed by atoms with Crippen molar-refractivity contribution in [1.82, 2.24) is 9.80 Å². The van der Waals surface area contributed by atoms with Crippen LogP contribution in [-0.4, -0.2) is 68.3 Å². The molecule has 0 amide bonds. The maximum Gasteiger partial charge on any atom is 0.0484 e. The van der Waals surface area contributed by atoms with Crippen molar-refractivity contribution in [3.63, 3.8) is 0 Å². The third-order valence-electron chi connectivity index (χ3n) is 4.60. The number of hydrogen-bond donors (Lipinski definition) is 1. The van der Waals surface area contributed by atoms with Gasteiger partial charge in [0.15, 0.2) is 0 Å². The number of nitrogens with two attached hydrogens (primary N) is 1. The Kier molecular flexibility index (Phi) is 4.42. The molecule has 4 heteroatoms. The molecule has 0 aliphatic carbocycles. The second kappa shape index (κ2) is 5.65. The van der Waals surface area contributed by atoms with E-state index >= 15 is 0 Å². The van der Waals surface area contributed by atoms with Crippen LogP contribution in [0.2, 0.25) is 0 Å². The number of hydrogen-bond acceptors (Lipinski definition) is 4. The van der Waals surface area contributed by atoms with Crippen LogP contribution < -0.4 is 5.73 Å². The highest BCUT2D eigenvalue weighted by atomic mass is 16.5. The van der Waals surface area contributed by atoms with Crippen molar-refractivity contribution in [2.45, 2.75) is 37.3 Å². The van der Waals surface area contributed by atoms with Gasteiger partial charge in [-0.2, -0.15) is 0 Å². The maximum absolute atomic E-state index is 6.08. The average Bonchev–Trinajstić information content (AvgIpc) is 2.39. The molecule has 0 aromatic carbocycles. The number of ether oxygens (including phenoxy) is 1. The van der Waals surface area contributed by atoms with Gasteiger partial charge in [0, 0.05) is 37.9 Å². The fourth-order valence-corrected chi connectivity index (χ4v) is 3.21. The van der Waals surface area contributed by atoms with Crippen LogP contribution in [0.1, 0.15) is 25.7 Å². The van der Waals surface area contributed by atoms with Crippen LogP contribution in [0.25, 0.3) is 0 Å². The molecule has 0 spiro atoms. The summed E-state index contributed by atoms with van der Waals surface area (Å²) in [5.74, 6) is 0. The largest absolute Gasteiger partial charge is 0.381 e. The molecule has 1 atom stereocenters. The van der Waals surface area contributed by atoms with Gasteiger partial charge in [-0.25, -0.2) is 0 Å². The van der Waals surface area contributed by atoms with Gasteiger partial charge in [-0.05, 0) is 46.3 Å². The van der Waals surface area contributed by atoms with E-state index in [1.807, 2.05) is 0 Å². The quantitative estimate of drug-likeness (QED) is 0.782. The van der Waals surface area contributed by atoms with E-state index < -0.39 is 0 Å². The first-order chi connectivity index (χ1) is 8.18. The number of nitrogens with zero attached hydrogens (tertiary/aromatic N) is 2. The molecule has 2 fully saturated rings. The summed E-state index contributed by atoms with van der Waals surface area (Å²) in [4.78, 5) is 5.00. The third kappa shape index (κ3) is 2.81. The molecule has 0 aromatic rings. The van der Waals surface area contributed by atoms with Crippen molar-refractivity contribution < 1.29 is 4.74 Å². The number of piperidine rings is 1. The number of likely N-dealkylation sites (tertiary alicyclic amines) is 1. The zero-order chi connectivity index (χ0) is 12.3. The molecule has 2 aliphatic rings. The Balaban J connectivity index is 2.03. The molecule has 0 radical (unpaired) electrons. The standard InChI is InChI=1S/C13H27N3O/c1-15(2)12-4-3-7-16(10-12)13(11-14)5-8-17-9-6-13/h12H,3-11,14H2,1-2H3. The van der Waals surface area contributed by atoms with Gasteiger partial charge < -0.3 is 15.4 Å². The first-order valence-corrected chi connectivity index (χ1v) is 6.87. The first kappa shape index (κ1) is 13.3. The molecular formula is C13H27N3O. The van der Waals surface area contributed by atoms with Gasteiger partial charge in [0.05, 0.1) is 0 Å². The lowest BCUT2D eigenvalue weighted by molar-refractivity contribution is -0.0436. The van der Waals surface area contributed by atoms with Gasteiger partial charge in [0.1, 0.15) is 0 Å². The molecule has 100 valence electrons. The molecule has 0 aromatic heterocycles. The Hall–Kier alpha value is -0.160. The van der Waals surface area contributed by atoms with Crippen molar-refractivity contribution in [2.24, 2.45) is 5.73 Å². The highest BCUT2D eigenvalue weighted by Gasteiger charge is 2.39. The molecule has 2 heterocycles. The number of likely N-dealkylation sites (N-methyl/N-ethyl adjacent to an activating group) is 1. The highest BCUT2D eigenvalue weighted by Crippen LogP contribution is 2.30. The van der Waals surface area contributed by atoms with Crippen LogP contribution in [0.15, 0.2) is 0 Å². The van der Waals surface area contributed by atoms with E-state index in [2.05, 4.69) is 23.9 Å². The summed E-state index contributed by atoms with van der Waals surface area (Å²) in [7, 11) is 4.38. The lowest BCUT2D eigenvalue weighted by atomic mass is 9.85. The third-order valence-corrected chi connectivity index (χ3v) is 4.60. The maximum atomic E-state index is 6.08. The Labute approximate surface area is 105 Å². The minimum atomic E-state index is 0.215. The molecular weight excluding hydrogens is 214 g/mol. The zero-order valence-electron chi connectivity index (χ0n) is 11.3. The van der Waals surface area contributed by atoms with Gasteiger partial charge in [-0.1, -0.05) is 0 Å². The van der Waals surface area contributed by atoms with Crippen molar-refractivity contribution >= 4 is 0 Å². The molecule has 0 saturated carbocycles. The Bertz CT molecular complexity index is 239. The second-order valence-electron chi connectivity index (χ2n) is 5.75. The van der Waals surface area contributed by atoms with Crippen LogP contribution in [-0.2, 0) is 4.74 Å². The summed E-state index contributed by atoms with van der Waals surface area (Å²) < 4.78 is 5.50. The summed E-state index contributed by atoms with van der Waals surface area (Å²) >= 11 is 0. The van der Waals surface area contributed by atoms with Crippen molar-refractivity contribution in [3.8, 4) is 0 Å². The molecule has 2 rings (SSSR count). The monoisotopic (exact) mass is 241 g/mol. The average molecular weight is 241 g/mol. The lowest BCUT2D eigenvalue weighted by Crippen LogP contribution is -2.61. The normalized spacial score (nSPS) is 30.7. The minimum Gasteiger partial charge on any atom is -0.381 e. The van der Waals surface area contributed by atoms with E-state index in [0.717, 1.165) is 32.6 Å². The highest BCUT2D eigenvalue weighted by molar-refractivity contribution is 4.96. The smallest absolute Gasteiger partial charge is 0.0484 e. The summed E-state index contributed by atoms with van der Waals surface area (Å²) in [6.07, 6.45) is 4.82. The Morgan fingerprint density at radius 3 is 2.65 bits per heavy atom. The van der Waals surface area contributed by atoms with E-state index in [0.29, 0.717) is 6.04 Å². The second-order valence-corrected chi connectivity index (χ2v) is 5.75. The van der Waals surface area contributed by atoms with E-state index in [4.69, 9.17) is 10.5 Å². The predicted molar refractivity (Wildman–Crippen MR) is 70.1 cm³/mol. The zero-order valence-corrected chi connectivity index (χ0v) is 11.3. The molecule has 4 nitrogen and oxygen atoms in total. The minimum absolute atomic E-state index is 0.215. The van der Waals surface area contributed by atoms with Gasteiger partial charge in [-0.15, -0.1) is 0 Å². The molecule has 0 bridgehead atoms. The van der Waals surface area contributed by atoms with Crippen molar-refractivity contribution in [1.29, 1.82) is 0 Å². The molecule has 2 aliphatic heterocycles. The van der Waals surface area contributed by atoms with E-state index in [-0.39, 0.29) is 5.54 Å². The topological polar surface area (TPSA) is 41.7 Å². The van der Waals surface area contributed by atoms with Crippen LogP contribution >= 0.6 is 0 Å². The van der Waals surface area contributed by atoms with E-state index in [1.165, 1.54) is 25.9 Å². The lowest BCUT2D eigenvalue weighted by Gasteiger charge is -2.50. The molecule has 2 saturated heterocycles. The van der Waals surface area contributed by atoms with Gasteiger partial charge in [0.25, 0.3) is 0 Å². The van der Waals surface area contributed by atoms with E-state index in [1.54, 1.807) is 0 Å². The summed E-state index contributed by atoms with van der Waals surface area (Å²) in [5, 5.41) is 0. The van der Waals surface area contributed by atoms with Crippen LogP contribution in [0.3, 0.4) is 0 Å². The molecule has 17 heavy (non-hydrogen) atoms. The van der Waals surface area contributed by atoms with E-state index in [9.17, 15) is 0 Å². The first-order valence-electron chi connectivity index (χ1n) is 6.87. The van der Waals surface area contributed by atoms with Crippen molar-refractivity contribution in [2.75, 3.05) is 46.9 Å². The fraction of sp³-hybridized carbons (Fsp3) is 1.00. The SMILES string of the molecule is CN(C)C1CCCN(C2(CN)CCOCC2)C1. The predicted octanol–water partition coefficient (Wildman–Crippen LogP) is 0.520. The van der Waals surface area contributed by atoms with Crippen LogP contribution in [0.4, 0.5) is 0 Å². The Morgan fingerprint density at radius 2 is 2.06 bits per heavy atom. The van der Waals surface area contributed by atoms with Gasteiger partial charge in [-0.3, -0.25) is 4.90 Å². The van der Waals surface area contributed by atoms with Crippen molar-refractivity contribution in [3.05, 3.63) is 0 Å². The van der Waals surface area contributed by atoms with Crippen LogP contribution in [0.5, 0.6) is 0 Å². The summed E-state index contributed by atoms with van der Waals surface area (Å²) in [5.41, 5.74) is 6.30. The van der Waals surface area contributed by atoms with Gasteiger partial charge >= 0.3 is 0 Å².